The molecule has 0 aliphatic carbocycles. The Kier molecular flexibility index (Phi) is 4.92. The van der Waals surface area contributed by atoms with Crippen LogP contribution in [0.15, 0.2) is 35.4 Å². The zero-order valence-corrected chi connectivity index (χ0v) is 17.7. The minimum absolute atomic E-state index is 0.154. The fourth-order valence-electron chi connectivity index (χ4n) is 3.76. The number of rotatable bonds is 4. The highest BCUT2D eigenvalue weighted by Gasteiger charge is 2.20. The number of aryl methyl sites for hydroxylation is 2. The van der Waals surface area contributed by atoms with Gasteiger partial charge in [0.25, 0.3) is 0 Å². The molecular weight excluding hydrogens is 378 g/mol. The quantitative estimate of drug-likeness (QED) is 0.529. The first-order valence-electron chi connectivity index (χ1n) is 9.73. The van der Waals surface area contributed by atoms with E-state index in [0.717, 1.165) is 45.2 Å². The summed E-state index contributed by atoms with van der Waals surface area (Å²) in [4.78, 5) is 17.7. The molecule has 4 rings (SSSR count). The van der Waals surface area contributed by atoms with Crippen molar-refractivity contribution in [2.45, 2.75) is 27.2 Å². The first kappa shape index (κ1) is 19.5. The summed E-state index contributed by atoms with van der Waals surface area (Å²) in [5.41, 5.74) is 5.40. The third-order valence-electron chi connectivity index (χ3n) is 5.21. The number of allylic oxidation sites excluding steroid dienone is 2. The van der Waals surface area contributed by atoms with Gasteiger partial charge >= 0.3 is 5.69 Å². The molecule has 4 aromatic rings. The number of hydrogen-bond acceptors (Lipinski definition) is 4. The summed E-state index contributed by atoms with van der Waals surface area (Å²) in [7, 11) is 3.39. The molecule has 0 radical (unpaired) electrons. The lowest BCUT2D eigenvalue weighted by Crippen LogP contribution is -2.21. The predicted molar refractivity (Wildman–Crippen MR) is 119 cm³/mol. The molecule has 152 valence electrons. The van der Waals surface area contributed by atoms with Crippen molar-refractivity contribution in [1.29, 1.82) is 0 Å². The maximum atomic E-state index is 13.1. The van der Waals surface area contributed by atoms with Crippen LogP contribution in [0.4, 0.5) is 0 Å². The largest absolute Gasteiger partial charge is 0.496 e. The predicted octanol–water partition coefficient (Wildman–Crippen LogP) is 3.73. The molecule has 7 nitrogen and oxygen atoms in total. The molecule has 1 N–H and O–H groups in total. The van der Waals surface area contributed by atoms with Crippen LogP contribution in [-0.2, 0) is 7.05 Å². The number of nitrogens with zero attached hydrogens (tertiary/aromatic N) is 4. The van der Waals surface area contributed by atoms with Crippen molar-refractivity contribution >= 4 is 27.5 Å². The number of imidazole rings is 1. The van der Waals surface area contributed by atoms with Crippen LogP contribution in [-0.4, -0.2) is 31.4 Å². The van der Waals surface area contributed by atoms with E-state index < -0.39 is 0 Å². The van der Waals surface area contributed by atoms with E-state index >= 15 is 0 Å². The number of fused-ring (bicyclic) bond motifs is 3. The zero-order valence-electron chi connectivity index (χ0n) is 17.7. The number of nitrogens with one attached hydrogen (secondary N) is 1. The number of ether oxygens (including phenoxy) is 1. The average Bonchev–Trinajstić information content (AvgIpc) is 3.27. The Bertz CT molecular complexity index is 1420. The van der Waals surface area contributed by atoms with Gasteiger partial charge in [0, 0.05) is 29.6 Å². The van der Waals surface area contributed by atoms with E-state index in [2.05, 4.69) is 40.0 Å². The monoisotopic (exact) mass is 401 g/mol. The lowest BCUT2D eigenvalue weighted by atomic mass is 10.0. The van der Waals surface area contributed by atoms with Crippen molar-refractivity contribution in [3.63, 3.8) is 0 Å². The smallest absolute Gasteiger partial charge is 0.333 e. The number of benzene rings is 1. The van der Waals surface area contributed by atoms with Crippen molar-refractivity contribution in [3.8, 4) is 23.3 Å². The van der Waals surface area contributed by atoms with E-state index in [1.54, 1.807) is 35.7 Å². The number of pyridine rings is 1. The van der Waals surface area contributed by atoms with Gasteiger partial charge < -0.3 is 4.74 Å². The highest BCUT2D eigenvalue weighted by Crippen LogP contribution is 2.34. The van der Waals surface area contributed by atoms with Crippen LogP contribution < -0.4 is 10.4 Å². The van der Waals surface area contributed by atoms with Crippen LogP contribution in [0.25, 0.3) is 33.2 Å². The van der Waals surface area contributed by atoms with E-state index in [1.165, 1.54) is 0 Å². The Morgan fingerprint density at radius 2 is 2.13 bits per heavy atom. The van der Waals surface area contributed by atoms with Crippen LogP contribution in [0, 0.1) is 18.8 Å². The highest BCUT2D eigenvalue weighted by molar-refractivity contribution is 6.05. The summed E-state index contributed by atoms with van der Waals surface area (Å²) in [5.74, 6) is 6.85. The summed E-state index contributed by atoms with van der Waals surface area (Å²) in [5, 5.41) is 7.86. The fourth-order valence-corrected chi connectivity index (χ4v) is 3.76. The molecule has 0 bridgehead atoms. The lowest BCUT2D eigenvalue weighted by Gasteiger charge is -2.12. The van der Waals surface area contributed by atoms with E-state index in [9.17, 15) is 4.79 Å². The highest BCUT2D eigenvalue weighted by atomic mass is 16.5. The molecule has 0 aliphatic rings. The Balaban J connectivity index is 2.19. The first-order chi connectivity index (χ1) is 14.5. The normalized spacial score (nSPS) is 11.7. The number of aromatic nitrogens is 5. The van der Waals surface area contributed by atoms with Crippen LogP contribution in [0.2, 0.25) is 0 Å². The van der Waals surface area contributed by atoms with Crippen molar-refractivity contribution in [3.05, 3.63) is 52.3 Å². The Morgan fingerprint density at radius 1 is 1.33 bits per heavy atom. The van der Waals surface area contributed by atoms with Gasteiger partial charge in [-0.3, -0.25) is 19.2 Å². The molecule has 0 fully saturated rings. The van der Waals surface area contributed by atoms with Gasteiger partial charge in [-0.15, -0.1) is 5.92 Å². The van der Waals surface area contributed by atoms with Gasteiger partial charge in [-0.1, -0.05) is 18.9 Å². The molecule has 0 amide bonds. The molecule has 3 heterocycles. The number of aromatic amines is 1. The van der Waals surface area contributed by atoms with Gasteiger partial charge in [0.05, 0.1) is 47.4 Å². The molecule has 30 heavy (non-hydrogen) atoms. The number of hydrogen-bond donors (Lipinski definition) is 1. The van der Waals surface area contributed by atoms with Crippen molar-refractivity contribution in [2.24, 2.45) is 7.05 Å². The van der Waals surface area contributed by atoms with Crippen LogP contribution in [0.5, 0.6) is 5.75 Å². The Labute approximate surface area is 174 Å². The minimum Gasteiger partial charge on any atom is -0.496 e. The molecule has 0 aliphatic heterocycles. The zero-order chi connectivity index (χ0) is 21.4. The maximum absolute atomic E-state index is 13.1. The molecular formula is C23H23N5O2. The maximum Gasteiger partial charge on any atom is 0.333 e. The Hall–Kier alpha value is -3.79. The summed E-state index contributed by atoms with van der Waals surface area (Å²) in [6, 6.07) is 3.91. The second kappa shape index (κ2) is 7.56. The second-order valence-electron chi connectivity index (χ2n) is 7.02. The molecule has 0 atom stereocenters. The van der Waals surface area contributed by atoms with Gasteiger partial charge in [-0.2, -0.15) is 5.10 Å². The molecule has 0 saturated carbocycles. The lowest BCUT2D eigenvalue weighted by molar-refractivity contribution is 0.414. The van der Waals surface area contributed by atoms with Gasteiger partial charge in [0.15, 0.2) is 0 Å². The van der Waals surface area contributed by atoms with Crippen LogP contribution in [0.3, 0.4) is 0 Å². The third kappa shape index (κ3) is 2.89. The summed E-state index contributed by atoms with van der Waals surface area (Å²) < 4.78 is 8.94. The molecule has 1 aromatic carbocycles. The number of methoxy groups -OCH3 is 1. The first-order valence-corrected chi connectivity index (χ1v) is 9.73. The summed E-state index contributed by atoms with van der Waals surface area (Å²) in [6.45, 7) is 5.78. The van der Waals surface area contributed by atoms with E-state index in [4.69, 9.17) is 4.74 Å². The minimum atomic E-state index is -0.154. The van der Waals surface area contributed by atoms with Gasteiger partial charge in [0.2, 0.25) is 0 Å². The van der Waals surface area contributed by atoms with Gasteiger partial charge in [0.1, 0.15) is 5.75 Å². The van der Waals surface area contributed by atoms with Gasteiger partial charge in [-0.25, -0.2) is 4.79 Å². The summed E-state index contributed by atoms with van der Waals surface area (Å²) in [6.07, 6.45) is 6.31. The van der Waals surface area contributed by atoms with E-state index in [1.807, 2.05) is 26.0 Å². The standard InChI is InChI=1S/C23H23N5O2/c1-6-8-15(9-7-2)16-10-17-18(11-21(16)30-5)24-12-20-22(17)28(23(29)27(20)4)19-13-25-26-14(19)3/h8,10-13H,6H2,1-5H3,(H,25,26)/b15-8+. The molecule has 0 spiro atoms. The summed E-state index contributed by atoms with van der Waals surface area (Å²) >= 11 is 0. The SMILES string of the molecule is CC#C/C(=C\CC)c1cc2c(cc1OC)ncc1c2n(-c2cn[nH]c2C)c(=O)n1C. The second-order valence-corrected chi connectivity index (χ2v) is 7.02. The van der Waals surface area contributed by atoms with Crippen molar-refractivity contribution < 1.29 is 4.74 Å². The average molecular weight is 401 g/mol. The van der Waals surface area contributed by atoms with Crippen LogP contribution in [0.1, 0.15) is 31.5 Å². The molecule has 7 heteroatoms. The van der Waals surface area contributed by atoms with E-state index in [0.29, 0.717) is 11.4 Å². The third-order valence-corrected chi connectivity index (χ3v) is 5.21. The van der Waals surface area contributed by atoms with Crippen LogP contribution >= 0.6 is 0 Å². The van der Waals surface area contributed by atoms with E-state index in [-0.39, 0.29) is 5.69 Å². The number of H-pyrrole nitrogens is 1. The molecule has 3 aromatic heterocycles. The Morgan fingerprint density at radius 3 is 2.77 bits per heavy atom. The van der Waals surface area contributed by atoms with Crippen molar-refractivity contribution in [1.82, 2.24) is 24.3 Å². The topological polar surface area (TPSA) is 77.7 Å². The van der Waals surface area contributed by atoms with Crippen molar-refractivity contribution in [2.75, 3.05) is 7.11 Å². The molecule has 0 unspecified atom stereocenters. The van der Waals surface area contributed by atoms with Gasteiger partial charge in [-0.05, 0) is 26.3 Å². The fraction of sp³-hybridized carbons (Fsp3) is 0.261. The molecule has 0 saturated heterocycles.